The number of carbonyl (C=O) groups excluding carboxylic acids is 2. The van der Waals surface area contributed by atoms with Gasteiger partial charge in [-0.15, -0.1) is 12.3 Å². The van der Waals surface area contributed by atoms with E-state index in [1.54, 1.807) is 12.1 Å². The minimum absolute atomic E-state index is 0.310. The third-order valence-electron chi connectivity index (χ3n) is 3.47. The molecule has 0 fully saturated rings. The predicted molar refractivity (Wildman–Crippen MR) is 87.1 cm³/mol. The van der Waals surface area contributed by atoms with E-state index in [1.807, 2.05) is 30.3 Å². The first kappa shape index (κ1) is 15.6. The van der Waals surface area contributed by atoms with Crippen molar-refractivity contribution in [3.63, 3.8) is 0 Å². The summed E-state index contributed by atoms with van der Waals surface area (Å²) in [6.45, 7) is 0. The lowest BCUT2D eigenvalue weighted by molar-refractivity contribution is -0.120. The number of terminal acetylenes is 1. The molecule has 4 heteroatoms. The van der Waals surface area contributed by atoms with Crippen LogP contribution in [0.15, 0.2) is 42.5 Å². The number of rotatable bonds is 6. The summed E-state index contributed by atoms with van der Waals surface area (Å²) >= 11 is 0. The molecule has 0 heterocycles. The van der Waals surface area contributed by atoms with Crippen molar-refractivity contribution >= 4 is 22.6 Å². The van der Waals surface area contributed by atoms with E-state index in [4.69, 9.17) is 12.2 Å². The molecule has 0 radical (unpaired) electrons. The number of hydrogen-bond donors (Lipinski definition) is 2. The smallest absolute Gasteiger partial charge is 0.251 e. The van der Waals surface area contributed by atoms with Crippen molar-refractivity contribution in [3.05, 3.63) is 48.0 Å². The van der Waals surface area contributed by atoms with Crippen LogP contribution in [0.25, 0.3) is 10.8 Å². The summed E-state index contributed by atoms with van der Waals surface area (Å²) in [6.07, 6.45) is 6.82. The highest BCUT2D eigenvalue weighted by molar-refractivity contribution is 6.00. The number of amides is 2. The number of hydrogen-bond acceptors (Lipinski definition) is 2. The van der Waals surface area contributed by atoms with Crippen molar-refractivity contribution in [3.8, 4) is 12.3 Å². The fourth-order valence-electron chi connectivity index (χ4n) is 2.27. The molecule has 22 heavy (non-hydrogen) atoms. The lowest BCUT2D eigenvalue weighted by Gasteiger charge is -2.15. The van der Waals surface area contributed by atoms with E-state index in [0.29, 0.717) is 24.8 Å². The fourth-order valence-corrected chi connectivity index (χ4v) is 2.27. The Kier molecular flexibility index (Phi) is 5.16. The first-order valence-corrected chi connectivity index (χ1v) is 7.14. The number of primary amides is 1. The van der Waals surface area contributed by atoms with Crippen LogP contribution in [-0.2, 0) is 4.79 Å². The van der Waals surface area contributed by atoms with Crippen LogP contribution in [0, 0.1) is 12.3 Å². The second-order valence-corrected chi connectivity index (χ2v) is 5.09. The number of benzene rings is 2. The van der Waals surface area contributed by atoms with Crippen molar-refractivity contribution in [1.29, 1.82) is 0 Å². The van der Waals surface area contributed by atoms with E-state index >= 15 is 0 Å². The van der Waals surface area contributed by atoms with Gasteiger partial charge in [-0.2, -0.15) is 0 Å². The van der Waals surface area contributed by atoms with E-state index in [0.717, 1.165) is 10.8 Å². The molecule has 0 spiro atoms. The Labute approximate surface area is 129 Å². The summed E-state index contributed by atoms with van der Waals surface area (Å²) in [5.41, 5.74) is 5.83. The highest BCUT2D eigenvalue weighted by atomic mass is 16.2. The van der Waals surface area contributed by atoms with E-state index in [1.165, 1.54) is 0 Å². The Morgan fingerprint density at radius 3 is 2.59 bits per heavy atom. The standard InChI is InChI=1S/C18H18N2O2/c1-2-3-4-9-16(17(19)21)20-18(22)15-11-10-13-7-5-6-8-14(13)12-15/h1,5-8,10-12,16H,3-4,9H2,(H2,19,21)(H,20,22)/t16-/m1/s1. The van der Waals surface area contributed by atoms with Gasteiger partial charge in [0, 0.05) is 12.0 Å². The maximum absolute atomic E-state index is 12.3. The molecule has 0 bridgehead atoms. The normalized spacial score (nSPS) is 11.6. The molecule has 0 unspecified atom stereocenters. The molecule has 0 aliphatic carbocycles. The largest absolute Gasteiger partial charge is 0.368 e. The monoisotopic (exact) mass is 294 g/mol. The van der Waals surface area contributed by atoms with Gasteiger partial charge in [-0.25, -0.2) is 0 Å². The third kappa shape index (κ3) is 3.86. The second kappa shape index (κ2) is 7.28. The summed E-state index contributed by atoms with van der Waals surface area (Å²) in [7, 11) is 0. The highest BCUT2D eigenvalue weighted by Gasteiger charge is 2.18. The molecule has 2 aromatic carbocycles. The van der Waals surface area contributed by atoms with E-state index in [9.17, 15) is 9.59 Å². The molecule has 112 valence electrons. The van der Waals surface area contributed by atoms with Crippen LogP contribution in [0.1, 0.15) is 29.6 Å². The number of carbonyl (C=O) groups is 2. The van der Waals surface area contributed by atoms with Crippen LogP contribution in [0.5, 0.6) is 0 Å². The lowest BCUT2D eigenvalue weighted by Crippen LogP contribution is -2.44. The van der Waals surface area contributed by atoms with Crippen LogP contribution in [0.3, 0.4) is 0 Å². The van der Waals surface area contributed by atoms with Crippen LogP contribution in [0.2, 0.25) is 0 Å². The zero-order chi connectivity index (χ0) is 15.9. The summed E-state index contributed by atoms with van der Waals surface area (Å²) in [5, 5.41) is 4.70. The Balaban J connectivity index is 2.11. The molecule has 2 amide bonds. The average Bonchev–Trinajstić information content (AvgIpc) is 2.53. The molecule has 1 atom stereocenters. The minimum atomic E-state index is -0.702. The van der Waals surface area contributed by atoms with Gasteiger partial charge in [-0.1, -0.05) is 30.3 Å². The molecule has 0 aliphatic rings. The van der Waals surface area contributed by atoms with Crippen LogP contribution in [0.4, 0.5) is 0 Å². The van der Waals surface area contributed by atoms with Gasteiger partial charge >= 0.3 is 0 Å². The van der Waals surface area contributed by atoms with Crippen molar-refractivity contribution in [2.24, 2.45) is 5.73 Å². The van der Waals surface area contributed by atoms with Gasteiger partial charge in [0.15, 0.2) is 0 Å². The topological polar surface area (TPSA) is 72.2 Å². The number of nitrogens with two attached hydrogens (primary N) is 1. The molecule has 0 aliphatic heterocycles. The summed E-state index contributed by atoms with van der Waals surface area (Å²) in [4.78, 5) is 23.7. The zero-order valence-corrected chi connectivity index (χ0v) is 12.2. The number of unbranched alkanes of at least 4 members (excludes halogenated alkanes) is 1. The first-order valence-electron chi connectivity index (χ1n) is 7.14. The minimum Gasteiger partial charge on any atom is -0.368 e. The fraction of sp³-hybridized carbons (Fsp3) is 0.222. The van der Waals surface area contributed by atoms with Crippen molar-refractivity contribution in [1.82, 2.24) is 5.32 Å². The van der Waals surface area contributed by atoms with E-state index < -0.39 is 11.9 Å². The van der Waals surface area contributed by atoms with Crippen molar-refractivity contribution in [2.45, 2.75) is 25.3 Å². The molecular weight excluding hydrogens is 276 g/mol. The van der Waals surface area contributed by atoms with Gasteiger partial charge < -0.3 is 11.1 Å². The third-order valence-corrected chi connectivity index (χ3v) is 3.47. The van der Waals surface area contributed by atoms with E-state index in [2.05, 4.69) is 11.2 Å². The molecule has 0 saturated carbocycles. The van der Waals surface area contributed by atoms with Crippen LogP contribution >= 0.6 is 0 Å². The number of fused-ring (bicyclic) bond motifs is 1. The first-order chi connectivity index (χ1) is 10.6. The van der Waals surface area contributed by atoms with Crippen molar-refractivity contribution < 1.29 is 9.59 Å². The predicted octanol–water partition coefficient (Wildman–Crippen LogP) is 2.23. The van der Waals surface area contributed by atoms with Gasteiger partial charge in [0.25, 0.3) is 5.91 Å². The van der Waals surface area contributed by atoms with Gasteiger partial charge in [-0.05, 0) is 35.7 Å². The SMILES string of the molecule is C#CCCC[C@@H](NC(=O)c1ccc2ccccc2c1)C(N)=O. The maximum atomic E-state index is 12.3. The molecule has 0 saturated heterocycles. The maximum Gasteiger partial charge on any atom is 0.251 e. The van der Waals surface area contributed by atoms with Gasteiger partial charge in [-0.3, -0.25) is 9.59 Å². The van der Waals surface area contributed by atoms with Crippen LogP contribution in [-0.4, -0.2) is 17.9 Å². The Morgan fingerprint density at radius 1 is 1.18 bits per heavy atom. The quantitative estimate of drug-likeness (QED) is 0.633. The Hall–Kier alpha value is -2.80. The average molecular weight is 294 g/mol. The van der Waals surface area contributed by atoms with Crippen LogP contribution < -0.4 is 11.1 Å². The lowest BCUT2D eigenvalue weighted by atomic mass is 10.1. The summed E-state index contributed by atoms with van der Waals surface area (Å²) < 4.78 is 0. The molecular formula is C18H18N2O2. The molecule has 3 N–H and O–H groups in total. The van der Waals surface area contributed by atoms with Gasteiger partial charge in [0.2, 0.25) is 5.91 Å². The molecule has 4 nitrogen and oxygen atoms in total. The molecule has 0 aromatic heterocycles. The van der Waals surface area contributed by atoms with Crippen molar-refractivity contribution in [2.75, 3.05) is 0 Å². The second-order valence-electron chi connectivity index (χ2n) is 5.09. The highest BCUT2D eigenvalue weighted by Crippen LogP contribution is 2.15. The molecule has 2 rings (SSSR count). The molecule has 2 aromatic rings. The van der Waals surface area contributed by atoms with Gasteiger partial charge in [0.1, 0.15) is 6.04 Å². The summed E-state index contributed by atoms with van der Waals surface area (Å²) in [6, 6.07) is 12.5. The Morgan fingerprint density at radius 2 is 1.91 bits per heavy atom. The zero-order valence-electron chi connectivity index (χ0n) is 12.2. The van der Waals surface area contributed by atoms with E-state index in [-0.39, 0.29) is 5.91 Å². The summed E-state index contributed by atoms with van der Waals surface area (Å²) in [5.74, 6) is 1.64. The Bertz CT molecular complexity index is 731. The number of nitrogens with one attached hydrogen (secondary N) is 1. The van der Waals surface area contributed by atoms with Gasteiger partial charge in [0.05, 0.1) is 0 Å².